The molecule has 27 heavy (non-hydrogen) atoms. The van der Waals surface area contributed by atoms with Gasteiger partial charge < -0.3 is 19.6 Å². The molecule has 1 aromatic carbocycles. The predicted molar refractivity (Wildman–Crippen MR) is 91.3 cm³/mol. The normalized spacial score (nSPS) is 20.4. The first-order chi connectivity index (χ1) is 12.8. The number of carbonyl (C=O) groups is 1. The van der Waals surface area contributed by atoms with Crippen LogP contribution in [0.4, 0.5) is 18.9 Å². The topological polar surface area (TPSA) is 64.0 Å². The van der Waals surface area contributed by atoms with Crippen LogP contribution < -0.4 is 15.1 Å². The Balaban J connectivity index is 1.42. The van der Waals surface area contributed by atoms with Gasteiger partial charge in [0.15, 0.2) is 6.54 Å². The van der Waals surface area contributed by atoms with Gasteiger partial charge in [-0.2, -0.15) is 13.2 Å². The van der Waals surface area contributed by atoms with Crippen LogP contribution in [-0.2, 0) is 17.5 Å². The predicted octanol–water partition coefficient (Wildman–Crippen LogP) is -0.0761. The maximum absolute atomic E-state index is 12.6. The minimum absolute atomic E-state index is 0.194. The average Bonchev–Trinajstić information content (AvgIpc) is 3.01. The number of hydrogen-bond donors (Lipinski definition) is 3. The largest absolute Gasteiger partial charge is 0.416 e. The molecule has 0 spiro atoms. The highest BCUT2D eigenvalue weighted by Gasteiger charge is 2.30. The van der Waals surface area contributed by atoms with Crippen LogP contribution in [0.1, 0.15) is 17.0 Å². The molecular weight excluding hydrogens is 361 g/mol. The number of nitrogens with one attached hydrogen (secondary N) is 3. The molecule has 0 bridgehead atoms. The fourth-order valence-corrected chi connectivity index (χ4v) is 3.24. The number of carbonyl (C=O) groups excluding carboxylic acids is 1. The highest BCUT2D eigenvalue weighted by Crippen LogP contribution is 2.29. The van der Waals surface area contributed by atoms with E-state index in [0.717, 1.165) is 56.3 Å². The summed E-state index contributed by atoms with van der Waals surface area (Å²) in [7, 11) is 0. The molecule has 9 heteroatoms. The highest BCUT2D eigenvalue weighted by molar-refractivity contribution is 5.91. The molecule has 0 unspecified atom stereocenters. The van der Waals surface area contributed by atoms with E-state index in [1.807, 2.05) is 13.0 Å². The van der Waals surface area contributed by atoms with E-state index in [1.54, 1.807) is 0 Å². The van der Waals surface area contributed by atoms with E-state index in [0.29, 0.717) is 12.2 Å². The quantitative estimate of drug-likeness (QED) is 0.676. The molecule has 146 valence electrons. The van der Waals surface area contributed by atoms with Crippen molar-refractivity contribution in [3.8, 4) is 0 Å². The molecule has 0 atom stereocenters. The lowest BCUT2D eigenvalue weighted by Gasteiger charge is -2.28. The van der Waals surface area contributed by atoms with Crippen LogP contribution in [0, 0.1) is 6.92 Å². The number of nitrogens with zero attached hydrogens (tertiary/aromatic N) is 1. The number of quaternary nitrogens is 2. The molecule has 3 rings (SSSR count). The summed E-state index contributed by atoms with van der Waals surface area (Å²) in [5, 5.41) is 6.67. The van der Waals surface area contributed by atoms with Crippen molar-refractivity contribution < 1.29 is 32.3 Å². The average molecular weight is 384 g/mol. The Bertz CT molecular complexity index is 766. The molecule has 1 aliphatic rings. The number of piperazine rings is 1. The van der Waals surface area contributed by atoms with Crippen LogP contribution in [0.3, 0.4) is 0 Å². The molecule has 3 N–H and O–H groups in total. The maximum Gasteiger partial charge on any atom is 0.416 e. The first-order valence-corrected chi connectivity index (χ1v) is 8.86. The summed E-state index contributed by atoms with van der Waals surface area (Å²) in [5.41, 5.74) is 0.580. The second kappa shape index (κ2) is 8.10. The van der Waals surface area contributed by atoms with Gasteiger partial charge >= 0.3 is 6.18 Å². The smallest absolute Gasteiger partial charge is 0.361 e. The summed E-state index contributed by atoms with van der Waals surface area (Å²) < 4.78 is 42.8. The zero-order valence-electron chi connectivity index (χ0n) is 15.0. The van der Waals surface area contributed by atoms with Crippen LogP contribution in [-0.4, -0.2) is 43.8 Å². The van der Waals surface area contributed by atoms with Crippen molar-refractivity contribution in [1.29, 1.82) is 0 Å². The molecule has 2 heterocycles. The van der Waals surface area contributed by atoms with E-state index in [9.17, 15) is 18.0 Å². The number of anilines is 1. The van der Waals surface area contributed by atoms with E-state index in [1.165, 1.54) is 21.9 Å². The third kappa shape index (κ3) is 5.54. The lowest BCUT2D eigenvalue weighted by Crippen LogP contribution is -3.28. The van der Waals surface area contributed by atoms with Crippen LogP contribution in [0.2, 0.25) is 0 Å². The van der Waals surface area contributed by atoms with E-state index in [2.05, 4.69) is 10.5 Å². The van der Waals surface area contributed by atoms with Crippen LogP contribution in [0.15, 0.2) is 34.9 Å². The Morgan fingerprint density at radius 2 is 1.78 bits per heavy atom. The summed E-state index contributed by atoms with van der Waals surface area (Å²) in [6, 6.07) is 6.42. The summed E-state index contributed by atoms with van der Waals surface area (Å²) in [5.74, 6) is 0.605. The molecule has 2 aromatic rings. The number of amides is 1. The molecule has 6 nitrogen and oxygen atoms in total. The van der Waals surface area contributed by atoms with E-state index in [4.69, 9.17) is 4.52 Å². The number of benzene rings is 1. The van der Waals surface area contributed by atoms with Gasteiger partial charge in [0.25, 0.3) is 5.91 Å². The minimum atomic E-state index is -4.38. The second-order valence-corrected chi connectivity index (χ2v) is 6.91. The van der Waals surface area contributed by atoms with Gasteiger partial charge in [0.05, 0.1) is 5.56 Å². The molecule has 1 saturated heterocycles. The van der Waals surface area contributed by atoms with Crippen LogP contribution in [0.5, 0.6) is 0 Å². The maximum atomic E-state index is 12.6. The number of alkyl halides is 3. The highest BCUT2D eigenvalue weighted by atomic mass is 19.4. The van der Waals surface area contributed by atoms with E-state index >= 15 is 0 Å². The van der Waals surface area contributed by atoms with Gasteiger partial charge in [-0.25, -0.2) is 0 Å². The van der Waals surface area contributed by atoms with Gasteiger partial charge in [0, 0.05) is 11.8 Å². The number of rotatable bonds is 5. The Morgan fingerprint density at radius 3 is 2.33 bits per heavy atom. The van der Waals surface area contributed by atoms with Crippen molar-refractivity contribution >= 4 is 11.6 Å². The monoisotopic (exact) mass is 384 g/mol. The summed E-state index contributed by atoms with van der Waals surface area (Å²) in [6.07, 6.45) is -4.38. The molecule has 1 fully saturated rings. The molecule has 1 aliphatic heterocycles. The van der Waals surface area contributed by atoms with Gasteiger partial charge in [-0.05, 0) is 31.2 Å². The second-order valence-electron chi connectivity index (χ2n) is 6.91. The van der Waals surface area contributed by atoms with Crippen molar-refractivity contribution in [2.24, 2.45) is 0 Å². The fourth-order valence-electron chi connectivity index (χ4n) is 3.24. The van der Waals surface area contributed by atoms with Gasteiger partial charge in [0.1, 0.15) is 44.2 Å². The van der Waals surface area contributed by atoms with Gasteiger partial charge in [-0.1, -0.05) is 5.16 Å². The third-order valence-corrected chi connectivity index (χ3v) is 4.68. The number of halogens is 3. The number of hydrogen-bond acceptors (Lipinski definition) is 3. The molecule has 0 radical (unpaired) electrons. The molecule has 0 saturated carbocycles. The molecule has 1 amide bonds. The SMILES string of the molecule is Cc1cc(C[NH+]2CC[NH+](CC(=O)Nc3ccc(C(F)(F)F)cc3)CC2)no1. The van der Waals surface area contributed by atoms with Gasteiger partial charge in [-0.15, -0.1) is 0 Å². The zero-order valence-corrected chi connectivity index (χ0v) is 15.0. The van der Waals surface area contributed by atoms with Gasteiger partial charge in [-0.3, -0.25) is 4.79 Å². The number of aryl methyl sites for hydroxylation is 1. The molecule has 1 aromatic heterocycles. The van der Waals surface area contributed by atoms with Gasteiger partial charge in [0.2, 0.25) is 0 Å². The van der Waals surface area contributed by atoms with Crippen LogP contribution >= 0.6 is 0 Å². The van der Waals surface area contributed by atoms with Crippen molar-refractivity contribution in [3.05, 3.63) is 47.3 Å². The lowest BCUT2D eigenvalue weighted by atomic mass is 10.2. The molecular formula is C18H23F3N4O2+2. The van der Waals surface area contributed by atoms with Crippen LogP contribution in [0.25, 0.3) is 0 Å². The first kappa shape index (κ1) is 19.4. The standard InChI is InChI=1S/C18H21F3N4O2/c1-13-10-16(23-27-13)11-24-6-8-25(9-7-24)12-17(26)22-15-4-2-14(3-5-15)18(19,20)21/h2-5,10H,6-9,11-12H2,1H3,(H,22,26)/p+2. The third-order valence-electron chi connectivity index (χ3n) is 4.68. The van der Waals surface area contributed by atoms with Crippen molar-refractivity contribution in [2.45, 2.75) is 19.6 Å². The first-order valence-electron chi connectivity index (χ1n) is 8.86. The Labute approximate surface area is 154 Å². The number of aromatic nitrogens is 1. The fraction of sp³-hybridized carbons (Fsp3) is 0.444. The summed E-state index contributed by atoms with van der Waals surface area (Å²) in [4.78, 5) is 14.7. The van der Waals surface area contributed by atoms with Crippen molar-refractivity contribution in [2.75, 3.05) is 38.0 Å². The Morgan fingerprint density at radius 1 is 1.15 bits per heavy atom. The minimum Gasteiger partial charge on any atom is -0.361 e. The van der Waals surface area contributed by atoms with Crippen molar-refractivity contribution in [3.63, 3.8) is 0 Å². The van der Waals surface area contributed by atoms with E-state index in [-0.39, 0.29) is 5.91 Å². The summed E-state index contributed by atoms with van der Waals surface area (Å²) >= 11 is 0. The molecule has 0 aliphatic carbocycles. The summed E-state index contributed by atoms with van der Waals surface area (Å²) in [6.45, 7) is 6.53. The van der Waals surface area contributed by atoms with Crippen molar-refractivity contribution in [1.82, 2.24) is 5.16 Å². The zero-order chi connectivity index (χ0) is 19.4. The lowest BCUT2D eigenvalue weighted by molar-refractivity contribution is -1.02. The Kier molecular flexibility index (Phi) is 5.81. The Hall–Kier alpha value is -2.39. The van der Waals surface area contributed by atoms with E-state index < -0.39 is 11.7 Å².